The van der Waals surface area contributed by atoms with Crippen LogP contribution in [0.5, 0.6) is 0 Å². The van der Waals surface area contributed by atoms with Crippen molar-refractivity contribution in [2.75, 3.05) is 19.6 Å². The summed E-state index contributed by atoms with van der Waals surface area (Å²) in [6.45, 7) is 11.2. The van der Waals surface area contributed by atoms with Crippen LogP contribution in [0.25, 0.3) is 0 Å². The lowest BCUT2D eigenvalue weighted by molar-refractivity contribution is -0.137. The third kappa shape index (κ3) is 8.74. The van der Waals surface area contributed by atoms with Crippen molar-refractivity contribution in [1.29, 1.82) is 0 Å². The summed E-state index contributed by atoms with van der Waals surface area (Å²) in [5.74, 6) is 1.53. The van der Waals surface area contributed by atoms with E-state index in [0.717, 1.165) is 51.6 Å². The van der Waals surface area contributed by atoms with E-state index in [-0.39, 0.29) is 17.2 Å². The molecule has 3 rings (SSSR count). The molecule has 1 saturated carbocycles. The molecule has 1 saturated heterocycles. The molecule has 4 nitrogen and oxygen atoms in total. The van der Waals surface area contributed by atoms with Gasteiger partial charge in [-0.3, -0.25) is 9.59 Å². The first-order chi connectivity index (χ1) is 16.2. The SMILES string of the molecule is CC(CC(=O)N(CCC(=O)N1CCC(Cc2ccccc2)CC1)C1CCCCC1)CC(C)(C)C. The number of likely N-dealkylation sites (tertiary alicyclic amines) is 1. The Morgan fingerprint density at radius 1 is 1.00 bits per heavy atom. The number of nitrogens with zero attached hydrogens (tertiary/aromatic N) is 2. The molecule has 2 fully saturated rings. The predicted molar refractivity (Wildman–Crippen MR) is 141 cm³/mol. The molecule has 34 heavy (non-hydrogen) atoms. The van der Waals surface area contributed by atoms with Crippen molar-refractivity contribution in [3.63, 3.8) is 0 Å². The topological polar surface area (TPSA) is 40.6 Å². The summed E-state index contributed by atoms with van der Waals surface area (Å²) in [6.07, 6.45) is 11.3. The van der Waals surface area contributed by atoms with Gasteiger partial charge in [-0.1, -0.05) is 77.3 Å². The van der Waals surface area contributed by atoms with Crippen molar-refractivity contribution in [2.45, 2.75) is 104 Å². The van der Waals surface area contributed by atoms with Gasteiger partial charge < -0.3 is 9.80 Å². The average molecular weight is 469 g/mol. The summed E-state index contributed by atoms with van der Waals surface area (Å²) in [7, 11) is 0. The van der Waals surface area contributed by atoms with Crippen molar-refractivity contribution >= 4 is 11.8 Å². The molecule has 0 aromatic heterocycles. The molecule has 4 heteroatoms. The third-order valence-electron chi connectivity index (χ3n) is 7.72. The van der Waals surface area contributed by atoms with E-state index in [1.807, 2.05) is 4.90 Å². The second kappa shape index (κ2) is 12.7. The van der Waals surface area contributed by atoms with E-state index in [9.17, 15) is 9.59 Å². The van der Waals surface area contributed by atoms with Gasteiger partial charge >= 0.3 is 0 Å². The number of amides is 2. The van der Waals surface area contributed by atoms with E-state index < -0.39 is 0 Å². The van der Waals surface area contributed by atoms with E-state index in [1.54, 1.807) is 0 Å². The van der Waals surface area contributed by atoms with Crippen molar-refractivity contribution in [3.05, 3.63) is 35.9 Å². The molecule has 1 aromatic rings. The van der Waals surface area contributed by atoms with Crippen LogP contribution in [-0.2, 0) is 16.0 Å². The lowest BCUT2D eigenvalue weighted by Gasteiger charge is -2.37. The van der Waals surface area contributed by atoms with Gasteiger partial charge in [-0.15, -0.1) is 0 Å². The van der Waals surface area contributed by atoms with Gasteiger partial charge in [-0.05, 0) is 61.3 Å². The maximum atomic E-state index is 13.3. The Labute approximate surface area is 208 Å². The number of piperidine rings is 1. The fourth-order valence-corrected chi connectivity index (χ4v) is 6.14. The zero-order chi connectivity index (χ0) is 24.6. The minimum atomic E-state index is 0.231. The lowest BCUT2D eigenvalue weighted by atomic mass is 9.84. The zero-order valence-corrected chi connectivity index (χ0v) is 22.2. The molecule has 1 aliphatic carbocycles. The Kier molecular flexibility index (Phi) is 10.0. The van der Waals surface area contributed by atoms with Crippen LogP contribution < -0.4 is 0 Å². The maximum Gasteiger partial charge on any atom is 0.224 e. The number of carbonyl (C=O) groups excluding carboxylic acids is 2. The van der Waals surface area contributed by atoms with Crippen LogP contribution in [0.1, 0.15) is 97.5 Å². The minimum absolute atomic E-state index is 0.231. The molecule has 0 radical (unpaired) electrons. The molecule has 2 aliphatic rings. The van der Waals surface area contributed by atoms with Crippen molar-refractivity contribution < 1.29 is 9.59 Å². The van der Waals surface area contributed by atoms with Crippen LogP contribution in [-0.4, -0.2) is 47.3 Å². The molecule has 1 atom stereocenters. The summed E-state index contributed by atoms with van der Waals surface area (Å²) in [5.41, 5.74) is 1.63. The van der Waals surface area contributed by atoms with Gasteiger partial charge in [0.25, 0.3) is 0 Å². The smallest absolute Gasteiger partial charge is 0.224 e. The summed E-state index contributed by atoms with van der Waals surface area (Å²) in [5, 5.41) is 0. The summed E-state index contributed by atoms with van der Waals surface area (Å²) in [6, 6.07) is 11.0. The molecule has 190 valence electrons. The summed E-state index contributed by atoms with van der Waals surface area (Å²) in [4.78, 5) is 30.6. The van der Waals surface area contributed by atoms with Crippen LogP contribution in [0.4, 0.5) is 0 Å². The van der Waals surface area contributed by atoms with E-state index in [2.05, 4.69) is 62.9 Å². The fraction of sp³-hybridized carbons (Fsp3) is 0.733. The van der Waals surface area contributed by atoms with Gasteiger partial charge in [-0.25, -0.2) is 0 Å². The first kappa shape index (κ1) is 26.8. The highest BCUT2D eigenvalue weighted by molar-refractivity contribution is 5.79. The van der Waals surface area contributed by atoms with Crippen molar-refractivity contribution in [3.8, 4) is 0 Å². The molecular formula is C30H48N2O2. The Balaban J connectivity index is 1.49. The van der Waals surface area contributed by atoms with Crippen LogP contribution in [0.2, 0.25) is 0 Å². The lowest BCUT2D eigenvalue weighted by Crippen LogP contribution is -2.45. The molecule has 0 N–H and O–H groups in total. The Morgan fingerprint density at radius 2 is 1.65 bits per heavy atom. The van der Waals surface area contributed by atoms with E-state index >= 15 is 0 Å². The number of carbonyl (C=O) groups is 2. The molecule has 0 bridgehead atoms. The highest BCUT2D eigenvalue weighted by atomic mass is 16.2. The van der Waals surface area contributed by atoms with Gasteiger partial charge in [0.1, 0.15) is 0 Å². The zero-order valence-electron chi connectivity index (χ0n) is 22.2. The van der Waals surface area contributed by atoms with Gasteiger partial charge in [0, 0.05) is 38.5 Å². The average Bonchev–Trinajstić information content (AvgIpc) is 2.79. The largest absolute Gasteiger partial charge is 0.343 e. The second-order valence-electron chi connectivity index (χ2n) is 12.2. The minimum Gasteiger partial charge on any atom is -0.343 e. The van der Waals surface area contributed by atoms with E-state index in [1.165, 1.54) is 24.8 Å². The van der Waals surface area contributed by atoms with E-state index in [0.29, 0.717) is 37.3 Å². The van der Waals surface area contributed by atoms with Gasteiger partial charge in [0.15, 0.2) is 0 Å². The number of rotatable bonds is 9. The normalized spacial score (nSPS) is 19.1. The maximum absolute atomic E-state index is 13.3. The van der Waals surface area contributed by atoms with Crippen LogP contribution in [0, 0.1) is 17.3 Å². The molecule has 1 aromatic carbocycles. The van der Waals surface area contributed by atoms with E-state index in [4.69, 9.17) is 0 Å². The van der Waals surface area contributed by atoms with Crippen LogP contribution in [0.15, 0.2) is 30.3 Å². The first-order valence-corrected chi connectivity index (χ1v) is 13.8. The highest BCUT2D eigenvalue weighted by Crippen LogP contribution is 2.29. The molecule has 1 heterocycles. The predicted octanol–water partition coefficient (Wildman–Crippen LogP) is 6.48. The molecule has 1 aliphatic heterocycles. The molecule has 2 amide bonds. The van der Waals surface area contributed by atoms with Gasteiger partial charge in [-0.2, -0.15) is 0 Å². The highest BCUT2D eigenvalue weighted by Gasteiger charge is 2.29. The Morgan fingerprint density at radius 3 is 2.26 bits per heavy atom. The van der Waals surface area contributed by atoms with Gasteiger partial charge in [0.05, 0.1) is 0 Å². The Hall–Kier alpha value is -1.84. The molecule has 1 unspecified atom stereocenters. The monoisotopic (exact) mass is 468 g/mol. The number of hydrogen-bond acceptors (Lipinski definition) is 2. The second-order valence-corrected chi connectivity index (χ2v) is 12.2. The van der Waals surface area contributed by atoms with Crippen LogP contribution >= 0.6 is 0 Å². The molecule has 0 spiro atoms. The van der Waals surface area contributed by atoms with Crippen molar-refractivity contribution in [1.82, 2.24) is 9.80 Å². The summed E-state index contributed by atoms with van der Waals surface area (Å²) < 4.78 is 0. The fourth-order valence-electron chi connectivity index (χ4n) is 6.14. The number of benzene rings is 1. The number of hydrogen-bond donors (Lipinski definition) is 0. The first-order valence-electron chi connectivity index (χ1n) is 13.8. The standard InChI is InChI=1S/C30H48N2O2/c1-24(23-30(2,3)4)21-29(34)32(27-13-9-6-10-14-27)20-17-28(33)31-18-15-26(16-19-31)22-25-11-7-5-8-12-25/h5,7-8,11-12,24,26-27H,6,9-10,13-23H2,1-4H3. The Bertz CT molecular complexity index is 756. The summed E-state index contributed by atoms with van der Waals surface area (Å²) >= 11 is 0. The van der Waals surface area contributed by atoms with Gasteiger partial charge in [0.2, 0.25) is 11.8 Å². The van der Waals surface area contributed by atoms with Crippen LogP contribution in [0.3, 0.4) is 0 Å². The molecular weight excluding hydrogens is 420 g/mol. The van der Waals surface area contributed by atoms with Crippen molar-refractivity contribution in [2.24, 2.45) is 17.3 Å². The third-order valence-corrected chi connectivity index (χ3v) is 7.72. The quantitative estimate of drug-likeness (QED) is 0.416.